The lowest BCUT2D eigenvalue weighted by Crippen LogP contribution is -2.15. The Hall–Kier alpha value is -3.38. The first kappa shape index (κ1) is 23.4. The molecule has 0 atom stereocenters. The van der Waals surface area contributed by atoms with Crippen molar-refractivity contribution in [1.82, 2.24) is 0 Å². The van der Waals surface area contributed by atoms with Gasteiger partial charge in [-0.25, -0.2) is 0 Å². The van der Waals surface area contributed by atoms with E-state index >= 15 is 0 Å². The van der Waals surface area contributed by atoms with Crippen LogP contribution >= 0.6 is 0 Å². The highest BCUT2D eigenvalue weighted by atomic mass is 14.4. The van der Waals surface area contributed by atoms with Crippen molar-refractivity contribution < 1.29 is 0 Å². The lowest BCUT2D eigenvalue weighted by atomic mass is 9.80. The Balaban J connectivity index is 1.54. The summed E-state index contributed by atoms with van der Waals surface area (Å²) in [6.45, 7) is 15.7. The molecular weight excluding hydrogens is 420 g/mol. The first-order chi connectivity index (χ1) is 16.7. The SMILES string of the molecule is C/C=C\C(=C(C)C)c1ccc(Cc2ccc3c(c2)C(C)(C)c2cc(C)c4ccccc4c2-3)cc1C. The lowest BCUT2D eigenvalue weighted by Gasteiger charge is -2.23. The third-order valence-electron chi connectivity index (χ3n) is 7.81. The summed E-state index contributed by atoms with van der Waals surface area (Å²) in [5, 5.41) is 2.74. The Labute approximate surface area is 211 Å². The van der Waals surface area contributed by atoms with Gasteiger partial charge in [0, 0.05) is 5.41 Å². The summed E-state index contributed by atoms with van der Waals surface area (Å²) in [5.41, 5.74) is 15.2. The van der Waals surface area contributed by atoms with E-state index in [1.807, 2.05) is 0 Å². The van der Waals surface area contributed by atoms with Gasteiger partial charge in [-0.2, -0.15) is 0 Å². The van der Waals surface area contributed by atoms with Crippen molar-refractivity contribution in [3.05, 3.63) is 123 Å². The first-order valence-electron chi connectivity index (χ1n) is 12.8. The van der Waals surface area contributed by atoms with E-state index in [4.69, 9.17) is 0 Å². The van der Waals surface area contributed by atoms with E-state index in [1.54, 1.807) is 0 Å². The van der Waals surface area contributed by atoms with Crippen LogP contribution < -0.4 is 0 Å². The molecule has 4 aromatic carbocycles. The quantitative estimate of drug-likeness (QED) is 0.268. The van der Waals surface area contributed by atoms with E-state index in [0.29, 0.717) is 0 Å². The highest BCUT2D eigenvalue weighted by molar-refractivity contribution is 6.03. The van der Waals surface area contributed by atoms with Gasteiger partial charge in [-0.15, -0.1) is 0 Å². The van der Waals surface area contributed by atoms with E-state index in [-0.39, 0.29) is 5.41 Å². The Morgan fingerprint density at radius 2 is 1.46 bits per heavy atom. The number of hydrogen-bond donors (Lipinski definition) is 0. The van der Waals surface area contributed by atoms with Crippen LogP contribution in [0.25, 0.3) is 27.5 Å². The van der Waals surface area contributed by atoms with Gasteiger partial charge in [-0.3, -0.25) is 0 Å². The van der Waals surface area contributed by atoms with Gasteiger partial charge in [0.05, 0.1) is 0 Å². The molecular formula is C35H36. The first-order valence-corrected chi connectivity index (χ1v) is 12.8. The van der Waals surface area contributed by atoms with Gasteiger partial charge in [0.15, 0.2) is 0 Å². The number of allylic oxidation sites excluding steroid dienone is 4. The second kappa shape index (κ2) is 8.68. The Morgan fingerprint density at radius 3 is 2.14 bits per heavy atom. The topological polar surface area (TPSA) is 0 Å². The van der Waals surface area contributed by atoms with Crippen LogP contribution in [0.1, 0.15) is 73.6 Å². The van der Waals surface area contributed by atoms with Crippen molar-refractivity contribution in [1.29, 1.82) is 0 Å². The monoisotopic (exact) mass is 456 g/mol. The van der Waals surface area contributed by atoms with Crippen LogP contribution in [0, 0.1) is 13.8 Å². The van der Waals surface area contributed by atoms with Gasteiger partial charge in [0.2, 0.25) is 0 Å². The number of aryl methyl sites for hydroxylation is 2. The van der Waals surface area contributed by atoms with Gasteiger partial charge in [0.25, 0.3) is 0 Å². The van der Waals surface area contributed by atoms with Gasteiger partial charge in [0.1, 0.15) is 0 Å². The zero-order valence-electron chi connectivity index (χ0n) is 22.2. The molecule has 0 amide bonds. The average molecular weight is 457 g/mol. The third kappa shape index (κ3) is 3.86. The van der Waals surface area contributed by atoms with Crippen molar-refractivity contribution in [2.24, 2.45) is 0 Å². The zero-order chi connectivity index (χ0) is 24.9. The maximum Gasteiger partial charge on any atom is 0.0159 e. The number of fused-ring (bicyclic) bond motifs is 5. The van der Waals surface area contributed by atoms with Crippen LogP contribution in [0.5, 0.6) is 0 Å². The molecule has 0 aliphatic heterocycles. The van der Waals surface area contributed by atoms with Crippen molar-refractivity contribution in [2.75, 3.05) is 0 Å². The second-order valence-electron chi connectivity index (χ2n) is 10.9. The predicted octanol–water partition coefficient (Wildman–Crippen LogP) is 9.72. The molecule has 0 aromatic heterocycles. The highest BCUT2D eigenvalue weighted by Gasteiger charge is 2.36. The third-order valence-corrected chi connectivity index (χ3v) is 7.81. The summed E-state index contributed by atoms with van der Waals surface area (Å²) in [6, 6.07) is 25.4. The summed E-state index contributed by atoms with van der Waals surface area (Å²) in [6.07, 6.45) is 5.31. The fraction of sp³-hybridized carbons (Fsp3) is 0.257. The van der Waals surface area contributed by atoms with Gasteiger partial charge < -0.3 is 0 Å². The number of rotatable bonds is 4. The molecule has 0 saturated heterocycles. The molecule has 1 aliphatic carbocycles. The molecule has 176 valence electrons. The zero-order valence-corrected chi connectivity index (χ0v) is 22.2. The largest absolute Gasteiger partial charge is 0.0870 e. The molecule has 0 bridgehead atoms. The molecule has 0 N–H and O–H groups in total. The molecule has 1 aliphatic rings. The van der Waals surface area contributed by atoms with E-state index in [9.17, 15) is 0 Å². The molecule has 0 radical (unpaired) electrons. The molecule has 0 fully saturated rings. The van der Waals surface area contributed by atoms with Crippen LogP contribution in [0.15, 0.2) is 84.5 Å². The summed E-state index contributed by atoms with van der Waals surface area (Å²) < 4.78 is 0. The van der Waals surface area contributed by atoms with Crippen LogP contribution in [0.2, 0.25) is 0 Å². The minimum atomic E-state index is 0.0000778. The fourth-order valence-corrected chi connectivity index (χ4v) is 5.99. The van der Waals surface area contributed by atoms with E-state index in [2.05, 4.69) is 127 Å². The van der Waals surface area contributed by atoms with Gasteiger partial charge >= 0.3 is 0 Å². The maximum absolute atomic E-state index is 2.46. The summed E-state index contributed by atoms with van der Waals surface area (Å²) in [4.78, 5) is 0. The van der Waals surface area contributed by atoms with Crippen LogP contribution in [0.4, 0.5) is 0 Å². The minimum absolute atomic E-state index is 0.0000778. The minimum Gasteiger partial charge on any atom is -0.0870 e. The summed E-state index contributed by atoms with van der Waals surface area (Å²) in [7, 11) is 0. The molecule has 35 heavy (non-hydrogen) atoms. The molecule has 0 nitrogen and oxygen atoms in total. The Bertz CT molecular complexity index is 1520. The Morgan fingerprint density at radius 1 is 0.771 bits per heavy atom. The molecule has 4 aromatic rings. The second-order valence-corrected chi connectivity index (χ2v) is 10.9. The molecule has 0 heterocycles. The fourth-order valence-electron chi connectivity index (χ4n) is 5.99. The predicted molar refractivity (Wildman–Crippen MR) is 153 cm³/mol. The number of hydrogen-bond acceptors (Lipinski definition) is 0. The highest BCUT2D eigenvalue weighted by Crippen LogP contribution is 2.52. The van der Waals surface area contributed by atoms with Crippen LogP contribution in [-0.2, 0) is 11.8 Å². The summed E-state index contributed by atoms with van der Waals surface area (Å²) in [5.74, 6) is 0. The molecule has 0 unspecified atom stereocenters. The van der Waals surface area contributed by atoms with Crippen LogP contribution in [0.3, 0.4) is 0 Å². The number of benzene rings is 4. The molecule has 5 rings (SSSR count). The van der Waals surface area contributed by atoms with Crippen LogP contribution in [-0.4, -0.2) is 0 Å². The van der Waals surface area contributed by atoms with Gasteiger partial charge in [-0.1, -0.05) is 98.3 Å². The van der Waals surface area contributed by atoms with Crippen molar-refractivity contribution in [3.8, 4) is 11.1 Å². The van der Waals surface area contributed by atoms with Crippen molar-refractivity contribution >= 4 is 16.3 Å². The van der Waals surface area contributed by atoms with Gasteiger partial charge in [-0.05, 0) is 107 Å². The molecule has 0 spiro atoms. The Kier molecular flexibility index (Phi) is 5.80. The lowest BCUT2D eigenvalue weighted by molar-refractivity contribution is 0.659. The average Bonchev–Trinajstić information content (AvgIpc) is 3.04. The molecule has 0 heteroatoms. The van der Waals surface area contributed by atoms with Crippen molar-refractivity contribution in [3.63, 3.8) is 0 Å². The maximum atomic E-state index is 2.46. The molecule has 0 saturated carbocycles. The van der Waals surface area contributed by atoms with E-state index in [1.165, 1.54) is 72.0 Å². The van der Waals surface area contributed by atoms with E-state index < -0.39 is 0 Å². The normalized spacial score (nSPS) is 13.8. The summed E-state index contributed by atoms with van der Waals surface area (Å²) >= 11 is 0. The smallest absolute Gasteiger partial charge is 0.0159 e. The standard InChI is InChI=1S/C35H36/c1-8-11-27(22(2)3)29-16-14-25(18-23(29)4)20-26-15-17-31-32(21-26)35(6,7)33-19-24(5)28-12-9-10-13-30(28)34(31)33/h8-19,21H,20H2,1-7H3/b11-8-. The van der Waals surface area contributed by atoms with Crippen molar-refractivity contribution in [2.45, 2.75) is 60.3 Å². The van der Waals surface area contributed by atoms with E-state index in [0.717, 1.165) is 6.42 Å².